The van der Waals surface area contributed by atoms with Crippen LogP contribution >= 0.6 is 11.6 Å². The van der Waals surface area contributed by atoms with Crippen molar-refractivity contribution < 1.29 is 4.42 Å². The first kappa shape index (κ1) is 14.4. The van der Waals surface area contributed by atoms with E-state index in [-0.39, 0.29) is 0 Å². The Kier molecular flexibility index (Phi) is 4.25. The number of aryl methyl sites for hydroxylation is 1. The lowest BCUT2D eigenvalue weighted by Gasteiger charge is -2.10. The highest BCUT2D eigenvalue weighted by Crippen LogP contribution is 2.22. The Labute approximate surface area is 133 Å². The number of benzene rings is 1. The summed E-state index contributed by atoms with van der Waals surface area (Å²) in [6.07, 6.45) is 3.35. The van der Waals surface area contributed by atoms with Crippen LogP contribution in [0.3, 0.4) is 0 Å². The fraction of sp³-hybridized carbons (Fsp3) is 0.125. The first-order valence-corrected chi connectivity index (χ1v) is 7.21. The van der Waals surface area contributed by atoms with E-state index >= 15 is 0 Å². The maximum absolute atomic E-state index is 5.96. The summed E-state index contributed by atoms with van der Waals surface area (Å²) in [5.74, 6) is 2.09. The predicted molar refractivity (Wildman–Crippen MR) is 87.5 cm³/mol. The molecule has 5 nitrogen and oxygen atoms in total. The molecule has 3 aromatic rings. The molecule has 22 heavy (non-hydrogen) atoms. The first-order chi connectivity index (χ1) is 10.7. The topological polar surface area (TPSA) is 63.0 Å². The number of furan rings is 1. The van der Waals surface area contributed by atoms with Gasteiger partial charge in [0.25, 0.3) is 0 Å². The lowest BCUT2D eigenvalue weighted by molar-refractivity contribution is 0.518. The molecule has 2 heterocycles. The van der Waals surface area contributed by atoms with Crippen LogP contribution in [0.5, 0.6) is 0 Å². The lowest BCUT2D eigenvalue weighted by Crippen LogP contribution is -2.04. The monoisotopic (exact) mass is 314 g/mol. The van der Waals surface area contributed by atoms with Crippen molar-refractivity contribution in [3.63, 3.8) is 0 Å². The van der Waals surface area contributed by atoms with Gasteiger partial charge in [-0.2, -0.15) is 4.98 Å². The molecule has 0 aliphatic rings. The van der Waals surface area contributed by atoms with Crippen LogP contribution < -0.4 is 10.6 Å². The number of halogens is 1. The van der Waals surface area contributed by atoms with E-state index in [1.807, 2.05) is 43.3 Å². The van der Waals surface area contributed by atoms with Crippen molar-refractivity contribution in [2.45, 2.75) is 13.5 Å². The van der Waals surface area contributed by atoms with Crippen LogP contribution in [0.15, 0.2) is 53.3 Å². The van der Waals surface area contributed by atoms with E-state index in [4.69, 9.17) is 16.0 Å². The van der Waals surface area contributed by atoms with E-state index in [0.717, 1.165) is 22.8 Å². The summed E-state index contributed by atoms with van der Waals surface area (Å²) in [5.41, 5.74) is 1.96. The number of aromatic nitrogens is 2. The second-order valence-electron chi connectivity index (χ2n) is 4.78. The molecule has 0 atom stereocenters. The summed E-state index contributed by atoms with van der Waals surface area (Å²) >= 11 is 5.96. The number of nitrogens with zero attached hydrogens (tertiary/aromatic N) is 2. The minimum absolute atomic E-state index is 0.523. The highest BCUT2D eigenvalue weighted by Gasteiger charge is 2.04. The van der Waals surface area contributed by atoms with Gasteiger partial charge in [0.2, 0.25) is 5.95 Å². The molecule has 0 amide bonds. The van der Waals surface area contributed by atoms with E-state index in [9.17, 15) is 0 Å². The Bertz CT molecular complexity index is 759. The summed E-state index contributed by atoms with van der Waals surface area (Å²) in [7, 11) is 0. The second kappa shape index (κ2) is 6.49. The number of hydrogen-bond donors (Lipinski definition) is 2. The molecule has 0 aliphatic carbocycles. The molecule has 0 bridgehead atoms. The molecule has 3 rings (SSSR count). The Morgan fingerprint density at radius 3 is 2.91 bits per heavy atom. The maximum atomic E-state index is 5.96. The zero-order chi connectivity index (χ0) is 15.4. The van der Waals surface area contributed by atoms with Gasteiger partial charge in [0.05, 0.1) is 12.8 Å². The van der Waals surface area contributed by atoms with Crippen molar-refractivity contribution in [1.29, 1.82) is 0 Å². The van der Waals surface area contributed by atoms with Crippen LogP contribution in [0.25, 0.3) is 0 Å². The average Bonchev–Trinajstić information content (AvgIpc) is 3.02. The van der Waals surface area contributed by atoms with E-state index in [0.29, 0.717) is 17.5 Å². The molecule has 2 aromatic heterocycles. The third kappa shape index (κ3) is 3.56. The van der Waals surface area contributed by atoms with Gasteiger partial charge in [0, 0.05) is 16.9 Å². The summed E-state index contributed by atoms with van der Waals surface area (Å²) in [6, 6.07) is 11.2. The van der Waals surface area contributed by atoms with Gasteiger partial charge < -0.3 is 15.1 Å². The number of hydrogen-bond acceptors (Lipinski definition) is 5. The summed E-state index contributed by atoms with van der Waals surface area (Å²) in [4.78, 5) is 8.65. The van der Waals surface area contributed by atoms with Gasteiger partial charge >= 0.3 is 0 Å². The fourth-order valence-corrected chi connectivity index (χ4v) is 2.22. The van der Waals surface area contributed by atoms with Crippen molar-refractivity contribution in [1.82, 2.24) is 9.97 Å². The van der Waals surface area contributed by atoms with Crippen LogP contribution in [0.2, 0.25) is 5.02 Å². The van der Waals surface area contributed by atoms with Gasteiger partial charge in [-0.15, -0.1) is 0 Å². The summed E-state index contributed by atoms with van der Waals surface area (Å²) < 4.78 is 5.27. The van der Waals surface area contributed by atoms with Gasteiger partial charge in [0.1, 0.15) is 11.6 Å². The zero-order valence-electron chi connectivity index (χ0n) is 12.0. The van der Waals surface area contributed by atoms with Crippen molar-refractivity contribution in [3.05, 3.63) is 65.2 Å². The van der Waals surface area contributed by atoms with E-state index in [1.54, 1.807) is 12.5 Å². The van der Waals surface area contributed by atoms with Crippen LogP contribution in [-0.4, -0.2) is 9.97 Å². The molecule has 0 fully saturated rings. The Hall–Kier alpha value is -2.53. The van der Waals surface area contributed by atoms with E-state index in [1.165, 1.54) is 0 Å². The molecule has 2 N–H and O–H groups in total. The zero-order valence-corrected chi connectivity index (χ0v) is 12.8. The summed E-state index contributed by atoms with van der Waals surface area (Å²) in [5, 5.41) is 7.09. The lowest BCUT2D eigenvalue weighted by atomic mass is 10.2. The molecule has 0 aliphatic heterocycles. The highest BCUT2D eigenvalue weighted by molar-refractivity contribution is 6.30. The van der Waals surface area contributed by atoms with E-state index < -0.39 is 0 Å². The molecule has 0 saturated carbocycles. The van der Waals surface area contributed by atoms with Crippen molar-refractivity contribution in [3.8, 4) is 0 Å². The molecule has 6 heteroatoms. The predicted octanol–water partition coefficient (Wildman–Crippen LogP) is 4.39. The van der Waals surface area contributed by atoms with Crippen molar-refractivity contribution >= 4 is 29.1 Å². The molecule has 0 spiro atoms. The Morgan fingerprint density at radius 1 is 1.23 bits per heavy atom. The van der Waals surface area contributed by atoms with E-state index in [2.05, 4.69) is 20.6 Å². The van der Waals surface area contributed by atoms with Crippen molar-refractivity contribution in [2.24, 2.45) is 0 Å². The largest absolute Gasteiger partial charge is 0.467 e. The number of rotatable bonds is 5. The number of nitrogens with one attached hydrogen (secondary N) is 2. The second-order valence-corrected chi connectivity index (χ2v) is 5.22. The van der Waals surface area contributed by atoms with Crippen molar-refractivity contribution in [2.75, 3.05) is 10.6 Å². The molecule has 112 valence electrons. The average molecular weight is 315 g/mol. The molecule has 0 unspecified atom stereocenters. The standard InChI is InChI=1S/C16H15ClN4O/c1-11-9-12(17)4-5-14(11)20-16-18-7-6-15(21-16)19-10-13-3-2-8-22-13/h2-9H,10H2,1H3,(H2,18,19,20,21). The van der Waals surface area contributed by atoms with Crippen LogP contribution in [0.1, 0.15) is 11.3 Å². The highest BCUT2D eigenvalue weighted by atomic mass is 35.5. The van der Waals surface area contributed by atoms with Gasteiger partial charge in [0.15, 0.2) is 0 Å². The van der Waals surface area contributed by atoms with Gasteiger partial charge in [-0.25, -0.2) is 4.98 Å². The summed E-state index contributed by atoms with van der Waals surface area (Å²) in [6.45, 7) is 2.55. The Balaban J connectivity index is 1.70. The number of anilines is 3. The SMILES string of the molecule is Cc1cc(Cl)ccc1Nc1nccc(NCc2ccco2)n1. The molecule has 1 aromatic carbocycles. The van der Waals surface area contributed by atoms with Crippen LogP contribution in [0, 0.1) is 6.92 Å². The quantitative estimate of drug-likeness (QED) is 0.731. The van der Waals surface area contributed by atoms with Crippen LogP contribution in [-0.2, 0) is 6.54 Å². The minimum atomic E-state index is 0.523. The van der Waals surface area contributed by atoms with Gasteiger partial charge in [-0.05, 0) is 48.9 Å². The smallest absolute Gasteiger partial charge is 0.229 e. The minimum Gasteiger partial charge on any atom is -0.467 e. The van der Waals surface area contributed by atoms with Crippen LogP contribution in [0.4, 0.5) is 17.5 Å². The third-order valence-corrected chi connectivity index (χ3v) is 3.35. The maximum Gasteiger partial charge on any atom is 0.229 e. The molecule has 0 saturated heterocycles. The molecular formula is C16H15ClN4O. The van der Waals surface area contributed by atoms with Gasteiger partial charge in [-0.3, -0.25) is 0 Å². The third-order valence-electron chi connectivity index (χ3n) is 3.11. The first-order valence-electron chi connectivity index (χ1n) is 6.83. The molecular weight excluding hydrogens is 300 g/mol. The van der Waals surface area contributed by atoms with Gasteiger partial charge in [-0.1, -0.05) is 11.6 Å². The normalized spacial score (nSPS) is 10.5. The molecule has 0 radical (unpaired) electrons. The Morgan fingerprint density at radius 2 is 2.14 bits per heavy atom. The fourth-order valence-electron chi connectivity index (χ4n) is 2.00.